The van der Waals surface area contributed by atoms with E-state index in [1.807, 2.05) is 24.3 Å². The number of unbranched alkanes of at least 4 members (excludes halogenated alkanes) is 1. The van der Waals surface area contributed by atoms with E-state index in [9.17, 15) is 4.79 Å². The molecule has 1 aromatic rings. The van der Waals surface area contributed by atoms with Crippen molar-refractivity contribution in [2.24, 2.45) is 0 Å². The summed E-state index contributed by atoms with van der Waals surface area (Å²) in [7, 11) is 1.64. The lowest BCUT2D eigenvalue weighted by atomic mass is 9.89. The molecule has 0 amide bonds. The second-order valence-electron chi connectivity index (χ2n) is 5.10. The molecule has 1 heterocycles. The third-order valence-electron chi connectivity index (χ3n) is 3.74. The highest BCUT2D eigenvalue weighted by Crippen LogP contribution is 2.31. The number of hydrogen-bond donors (Lipinski definition) is 0. The minimum atomic E-state index is -0.108. The smallest absolute Gasteiger partial charge is 0.313 e. The zero-order chi connectivity index (χ0) is 13.7. The lowest BCUT2D eigenvalue weighted by molar-refractivity contribution is -0.156. The summed E-state index contributed by atoms with van der Waals surface area (Å²) in [5, 5.41) is 0. The fraction of sp³-hybridized carbons (Fsp3) is 0.562. The van der Waals surface area contributed by atoms with Crippen LogP contribution in [0, 0.1) is 0 Å². The van der Waals surface area contributed by atoms with Gasteiger partial charge in [-0.2, -0.15) is 0 Å². The van der Waals surface area contributed by atoms with E-state index in [0.29, 0.717) is 0 Å². The van der Waals surface area contributed by atoms with Crippen molar-refractivity contribution in [3.63, 3.8) is 0 Å². The van der Waals surface area contributed by atoms with Crippen molar-refractivity contribution in [1.29, 1.82) is 0 Å². The second-order valence-corrected chi connectivity index (χ2v) is 5.10. The summed E-state index contributed by atoms with van der Waals surface area (Å²) in [5.41, 5.74) is 1.03. The van der Waals surface area contributed by atoms with Crippen molar-refractivity contribution in [2.45, 2.75) is 51.0 Å². The van der Waals surface area contributed by atoms with E-state index in [0.717, 1.165) is 43.4 Å². The first-order chi connectivity index (χ1) is 9.24. The number of rotatable bonds is 5. The summed E-state index contributed by atoms with van der Waals surface area (Å²) < 4.78 is 10.7. The maximum Gasteiger partial charge on any atom is 0.313 e. The van der Waals surface area contributed by atoms with Gasteiger partial charge in [0.05, 0.1) is 13.0 Å². The fourth-order valence-corrected chi connectivity index (χ4v) is 2.55. The topological polar surface area (TPSA) is 35.5 Å². The Bertz CT molecular complexity index is 411. The maximum absolute atomic E-state index is 12.1. The Labute approximate surface area is 114 Å². The van der Waals surface area contributed by atoms with Gasteiger partial charge >= 0.3 is 5.97 Å². The largest absolute Gasteiger partial charge is 0.497 e. The number of hydrogen-bond acceptors (Lipinski definition) is 3. The first kappa shape index (κ1) is 13.9. The van der Waals surface area contributed by atoms with Crippen molar-refractivity contribution >= 4 is 5.97 Å². The van der Waals surface area contributed by atoms with E-state index < -0.39 is 0 Å². The van der Waals surface area contributed by atoms with Crippen molar-refractivity contribution in [2.75, 3.05) is 7.11 Å². The van der Waals surface area contributed by atoms with Gasteiger partial charge in [-0.3, -0.25) is 4.79 Å². The minimum Gasteiger partial charge on any atom is -0.497 e. The number of cyclic esters (lactones) is 1. The quantitative estimate of drug-likeness (QED) is 0.759. The molecule has 0 spiro atoms. The van der Waals surface area contributed by atoms with Gasteiger partial charge in [-0.05, 0) is 37.0 Å². The summed E-state index contributed by atoms with van der Waals surface area (Å²) >= 11 is 0. The molecule has 104 valence electrons. The van der Waals surface area contributed by atoms with E-state index >= 15 is 0 Å². The molecule has 1 aliphatic rings. The highest BCUT2D eigenvalue weighted by Gasteiger charge is 2.30. The van der Waals surface area contributed by atoms with E-state index in [-0.39, 0.29) is 18.0 Å². The average molecular weight is 262 g/mol. The first-order valence-electron chi connectivity index (χ1n) is 7.09. The standard InChI is InChI=1S/C16H22O3/c1-3-4-5-14-10-11-15(16(17)19-14)12-6-8-13(18-2)9-7-12/h6-9,14-15H,3-5,10-11H2,1-2H3. The molecular weight excluding hydrogens is 240 g/mol. The zero-order valence-corrected chi connectivity index (χ0v) is 11.7. The molecule has 1 saturated heterocycles. The van der Waals surface area contributed by atoms with E-state index in [1.54, 1.807) is 7.11 Å². The number of carbonyl (C=O) groups is 1. The molecule has 0 radical (unpaired) electrons. The molecule has 0 aliphatic carbocycles. The molecule has 2 atom stereocenters. The van der Waals surface area contributed by atoms with Gasteiger partial charge < -0.3 is 9.47 Å². The SMILES string of the molecule is CCCCC1CCC(c2ccc(OC)cc2)C(=O)O1. The fourth-order valence-electron chi connectivity index (χ4n) is 2.55. The van der Waals surface area contributed by atoms with Crippen LogP contribution in [-0.4, -0.2) is 19.2 Å². The Hall–Kier alpha value is -1.51. The van der Waals surface area contributed by atoms with Gasteiger partial charge in [0.1, 0.15) is 11.9 Å². The number of esters is 1. The number of benzene rings is 1. The predicted molar refractivity (Wildman–Crippen MR) is 74.4 cm³/mol. The van der Waals surface area contributed by atoms with Gasteiger partial charge in [0.25, 0.3) is 0 Å². The molecule has 1 aromatic carbocycles. The number of carbonyl (C=O) groups excluding carboxylic acids is 1. The Morgan fingerprint density at radius 3 is 2.58 bits per heavy atom. The summed E-state index contributed by atoms with van der Waals surface area (Å²) in [6, 6.07) is 7.70. The van der Waals surface area contributed by atoms with Crippen LogP contribution in [0.2, 0.25) is 0 Å². The highest BCUT2D eigenvalue weighted by molar-refractivity contribution is 5.79. The molecule has 19 heavy (non-hydrogen) atoms. The third-order valence-corrected chi connectivity index (χ3v) is 3.74. The van der Waals surface area contributed by atoms with E-state index in [1.165, 1.54) is 0 Å². The molecule has 1 fully saturated rings. The van der Waals surface area contributed by atoms with Crippen LogP contribution >= 0.6 is 0 Å². The van der Waals surface area contributed by atoms with Crippen molar-refractivity contribution < 1.29 is 14.3 Å². The molecule has 0 N–H and O–H groups in total. The first-order valence-corrected chi connectivity index (χ1v) is 7.09. The maximum atomic E-state index is 12.1. The van der Waals surface area contributed by atoms with Crippen molar-refractivity contribution in [3.8, 4) is 5.75 Å². The summed E-state index contributed by atoms with van der Waals surface area (Å²) in [6.07, 6.45) is 5.27. The molecule has 2 unspecified atom stereocenters. The van der Waals surface area contributed by atoms with E-state index in [2.05, 4.69) is 6.92 Å². The average Bonchev–Trinajstić information content (AvgIpc) is 2.45. The lowest BCUT2D eigenvalue weighted by Gasteiger charge is -2.28. The second kappa shape index (κ2) is 6.60. The molecule has 1 aliphatic heterocycles. The Morgan fingerprint density at radius 2 is 2.00 bits per heavy atom. The molecular formula is C16H22O3. The van der Waals surface area contributed by atoms with Crippen molar-refractivity contribution in [1.82, 2.24) is 0 Å². The molecule has 0 bridgehead atoms. The normalized spacial score (nSPS) is 22.9. The van der Waals surface area contributed by atoms with Gasteiger partial charge in [-0.1, -0.05) is 31.9 Å². The van der Waals surface area contributed by atoms with Crippen LogP contribution in [0.1, 0.15) is 50.5 Å². The molecule has 0 aromatic heterocycles. The lowest BCUT2D eigenvalue weighted by Crippen LogP contribution is -2.29. The van der Waals surface area contributed by atoms with Crippen LogP contribution in [-0.2, 0) is 9.53 Å². The summed E-state index contributed by atoms with van der Waals surface area (Å²) in [6.45, 7) is 2.16. The van der Waals surface area contributed by atoms with E-state index in [4.69, 9.17) is 9.47 Å². The van der Waals surface area contributed by atoms with Crippen LogP contribution in [0.25, 0.3) is 0 Å². The Balaban J connectivity index is 1.97. The van der Waals surface area contributed by atoms with Gasteiger partial charge in [-0.25, -0.2) is 0 Å². The summed E-state index contributed by atoms with van der Waals surface area (Å²) in [5.74, 6) is 0.634. The molecule has 3 heteroatoms. The van der Waals surface area contributed by atoms with Crippen LogP contribution < -0.4 is 4.74 Å². The highest BCUT2D eigenvalue weighted by atomic mass is 16.5. The monoisotopic (exact) mass is 262 g/mol. The molecule has 3 nitrogen and oxygen atoms in total. The molecule has 2 rings (SSSR count). The number of methoxy groups -OCH3 is 1. The van der Waals surface area contributed by atoms with Crippen LogP contribution in [0.4, 0.5) is 0 Å². The van der Waals surface area contributed by atoms with Crippen LogP contribution in [0.3, 0.4) is 0 Å². The van der Waals surface area contributed by atoms with Crippen LogP contribution in [0.15, 0.2) is 24.3 Å². The third kappa shape index (κ3) is 3.49. The van der Waals surface area contributed by atoms with Crippen molar-refractivity contribution in [3.05, 3.63) is 29.8 Å². The minimum absolute atomic E-state index is 0.0717. The van der Waals surface area contributed by atoms with Gasteiger partial charge in [0, 0.05) is 0 Å². The summed E-state index contributed by atoms with van der Waals surface area (Å²) in [4.78, 5) is 12.1. The van der Waals surface area contributed by atoms with Gasteiger partial charge in [-0.15, -0.1) is 0 Å². The Morgan fingerprint density at radius 1 is 1.26 bits per heavy atom. The number of ether oxygens (including phenoxy) is 2. The Kier molecular flexibility index (Phi) is 4.83. The predicted octanol–water partition coefficient (Wildman–Crippen LogP) is 3.67. The van der Waals surface area contributed by atoms with Crippen LogP contribution in [0.5, 0.6) is 5.75 Å². The zero-order valence-electron chi connectivity index (χ0n) is 11.7. The molecule has 0 saturated carbocycles. The van der Waals surface area contributed by atoms with Gasteiger partial charge in [0.2, 0.25) is 0 Å². The van der Waals surface area contributed by atoms with Gasteiger partial charge in [0.15, 0.2) is 0 Å².